The van der Waals surface area contributed by atoms with Gasteiger partial charge >= 0.3 is 5.97 Å². The van der Waals surface area contributed by atoms with Crippen molar-refractivity contribution in [3.8, 4) is 0 Å². The van der Waals surface area contributed by atoms with Crippen LogP contribution in [0.1, 0.15) is 22.8 Å². The molecule has 2 aliphatic heterocycles. The summed E-state index contributed by atoms with van der Waals surface area (Å²) in [6, 6.07) is -0.00565. The van der Waals surface area contributed by atoms with Gasteiger partial charge < -0.3 is 24.6 Å². The Hall–Kier alpha value is -2.30. The smallest absolute Gasteiger partial charge is 0.341 e. The zero-order valence-corrected chi connectivity index (χ0v) is 16.4. The van der Waals surface area contributed by atoms with E-state index in [1.165, 1.54) is 4.90 Å². The van der Waals surface area contributed by atoms with E-state index in [-0.39, 0.29) is 48.7 Å². The molecule has 1 aliphatic carbocycles. The van der Waals surface area contributed by atoms with Gasteiger partial charge in [0.1, 0.15) is 23.2 Å². The Morgan fingerprint density at radius 1 is 1.30 bits per heavy atom. The van der Waals surface area contributed by atoms with E-state index in [2.05, 4.69) is 5.32 Å². The quantitative estimate of drug-likeness (QED) is 0.750. The molecule has 0 spiro atoms. The molecule has 3 aliphatic rings. The number of fused-ring (bicyclic) bond motifs is 2. The highest BCUT2D eigenvalue weighted by molar-refractivity contribution is 5.94. The number of hydrogen-bond donors (Lipinski definition) is 2. The van der Waals surface area contributed by atoms with E-state index >= 15 is 4.39 Å². The topological polar surface area (TPSA) is 83.8 Å². The third-order valence-electron chi connectivity index (χ3n) is 5.88. The van der Waals surface area contributed by atoms with Crippen molar-refractivity contribution in [1.29, 1.82) is 0 Å². The molecule has 2 unspecified atom stereocenters. The molecule has 0 bridgehead atoms. The molecule has 11 heteroatoms. The van der Waals surface area contributed by atoms with Gasteiger partial charge in [0.05, 0.1) is 35.7 Å². The molecule has 2 saturated heterocycles. The standard InChI is InChI=1S/C19H18F3N3O4.ClH/c20-10-4-13(10)25-5-9(19(27)28)18(26)8-3-11(21)17(15(22)16(8)25)24-6-12-14(7-24)29-2-1-23-12;/h3,5,10,12-14,23H,1-2,4,6-7H2,(H,27,28);1H/t10?,12-,13?,14+;/m0./s1. The zero-order valence-electron chi connectivity index (χ0n) is 15.6. The molecule has 1 aromatic carbocycles. The van der Waals surface area contributed by atoms with E-state index in [9.17, 15) is 23.5 Å². The van der Waals surface area contributed by atoms with Crippen molar-refractivity contribution >= 4 is 35.0 Å². The minimum absolute atomic E-state index is 0. The summed E-state index contributed by atoms with van der Waals surface area (Å²) in [5.74, 6) is -3.49. The average Bonchev–Trinajstić information content (AvgIpc) is 3.24. The maximum atomic E-state index is 15.6. The van der Waals surface area contributed by atoms with Crippen LogP contribution in [0, 0.1) is 11.6 Å². The molecule has 7 nitrogen and oxygen atoms in total. The number of halogens is 4. The summed E-state index contributed by atoms with van der Waals surface area (Å²) in [6.45, 7) is 1.74. The number of hydrogen-bond acceptors (Lipinski definition) is 5. The van der Waals surface area contributed by atoms with Crippen LogP contribution in [-0.2, 0) is 4.74 Å². The van der Waals surface area contributed by atoms with Gasteiger partial charge in [-0.15, -0.1) is 12.4 Å². The minimum atomic E-state index is -1.53. The van der Waals surface area contributed by atoms with Crippen LogP contribution in [0.5, 0.6) is 0 Å². The van der Waals surface area contributed by atoms with E-state index in [0.717, 1.165) is 16.8 Å². The van der Waals surface area contributed by atoms with E-state index in [4.69, 9.17) is 4.74 Å². The van der Waals surface area contributed by atoms with Gasteiger partial charge in [-0.25, -0.2) is 18.0 Å². The van der Waals surface area contributed by atoms with Gasteiger partial charge in [0.25, 0.3) is 0 Å². The fourth-order valence-electron chi connectivity index (χ4n) is 4.35. The van der Waals surface area contributed by atoms with Crippen molar-refractivity contribution in [1.82, 2.24) is 9.88 Å². The third-order valence-corrected chi connectivity index (χ3v) is 5.88. The van der Waals surface area contributed by atoms with Crippen LogP contribution in [0.25, 0.3) is 10.9 Å². The molecule has 0 amide bonds. The number of rotatable bonds is 3. The molecule has 4 atom stereocenters. The first-order valence-electron chi connectivity index (χ1n) is 9.41. The van der Waals surface area contributed by atoms with Gasteiger partial charge in [-0.1, -0.05) is 0 Å². The number of carbonyl (C=O) groups is 1. The fourth-order valence-corrected chi connectivity index (χ4v) is 4.35. The highest BCUT2D eigenvalue weighted by atomic mass is 35.5. The molecule has 1 saturated carbocycles. The Bertz CT molecular complexity index is 1080. The van der Waals surface area contributed by atoms with Gasteiger partial charge in [0.2, 0.25) is 5.43 Å². The monoisotopic (exact) mass is 445 g/mol. The second-order valence-electron chi connectivity index (χ2n) is 7.70. The number of carboxylic acid groups (broad SMARTS) is 1. The summed E-state index contributed by atoms with van der Waals surface area (Å²) in [5.41, 5.74) is -2.23. The van der Waals surface area contributed by atoms with Gasteiger partial charge in [-0.2, -0.15) is 0 Å². The number of alkyl halides is 1. The Morgan fingerprint density at radius 2 is 2.03 bits per heavy atom. The number of anilines is 1. The van der Waals surface area contributed by atoms with Crippen LogP contribution >= 0.6 is 12.4 Å². The Labute approximate surface area is 174 Å². The van der Waals surface area contributed by atoms with Crippen molar-refractivity contribution < 1.29 is 27.8 Å². The maximum absolute atomic E-state index is 15.6. The number of nitrogens with zero attached hydrogens (tertiary/aromatic N) is 2. The minimum Gasteiger partial charge on any atom is -0.477 e. The molecule has 0 radical (unpaired) electrons. The summed E-state index contributed by atoms with van der Waals surface area (Å²) in [4.78, 5) is 25.4. The molecule has 5 rings (SSSR count). The first kappa shape index (κ1) is 21.0. The first-order valence-corrected chi connectivity index (χ1v) is 9.41. The van der Waals surface area contributed by atoms with E-state index in [1.54, 1.807) is 0 Å². The molecule has 1 aromatic heterocycles. The van der Waals surface area contributed by atoms with Crippen molar-refractivity contribution in [3.05, 3.63) is 39.7 Å². The van der Waals surface area contributed by atoms with Crippen LogP contribution in [0.4, 0.5) is 18.9 Å². The SMILES string of the molecule is Cl.O=C(O)c1cn(C2CC2F)c2c(F)c(N3C[C@@H]4NCCO[C@@H]4C3)c(F)cc2c1=O. The van der Waals surface area contributed by atoms with Gasteiger partial charge in [-0.05, 0) is 6.07 Å². The van der Waals surface area contributed by atoms with Crippen LogP contribution in [0.2, 0.25) is 0 Å². The summed E-state index contributed by atoms with van der Waals surface area (Å²) in [5, 5.41) is 12.1. The zero-order chi connectivity index (χ0) is 20.4. The van der Waals surface area contributed by atoms with Crippen molar-refractivity contribution in [2.24, 2.45) is 0 Å². The van der Waals surface area contributed by atoms with Gasteiger partial charge in [0.15, 0.2) is 5.82 Å². The molecule has 162 valence electrons. The molecule has 3 heterocycles. The largest absolute Gasteiger partial charge is 0.477 e. The maximum Gasteiger partial charge on any atom is 0.341 e. The number of pyridine rings is 1. The number of aromatic carboxylic acids is 1. The fraction of sp³-hybridized carbons (Fsp3) is 0.474. The average molecular weight is 446 g/mol. The number of benzene rings is 1. The van der Waals surface area contributed by atoms with Gasteiger partial charge in [0, 0.05) is 32.3 Å². The lowest BCUT2D eigenvalue weighted by molar-refractivity contribution is 0.0212. The number of carboxylic acids is 1. The van der Waals surface area contributed by atoms with Crippen molar-refractivity contribution in [2.45, 2.75) is 30.8 Å². The Balaban J connectivity index is 0.00000218. The summed E-state index contributed by atoms with van der Waals surface area (Å²) in [6.07, 6.45) is -0.457. The summed E-state index contributed by atoms with van der Waals surface area (Å²) in [7, 11) is 0. The lowest BCUT2D eigenvalue weighted by atomic mass is 10.1. The highest BCUT2D eigenvalue weighted by Gasteiger charge is 2.42. The highest BCUT2D eigenvalue weighted by Crippen LogP contribution is 2.42. The lowest BCUT2D eigenvalue weighted by Crippen LogP contribution is -2.47. The second kappa shape index (κ2) is 7.44. The predicted octanol–water partition coefficient (Wildman–Crippen LogP) is 1.86. The molecule has 3 fully saturated rings. The first-order chi connectivity index (χ1) is 13.9. The van der Waals surface area contributed by atoms with Crippen molar-refractivity contribution in [2.75, 3.05) is 31.1 Å². The number of aromatic nitrogens is 1. The number of nitrogens with one attached hydrogen (secondary N) is 1. The molecular weight excluding hydrogens is 427 g/mol. The molecule has 30 heavy (non-hydrogen) atoms. The van der Waals surface area contributed by atoms with Crippen molar-refractivity contribution in [3.63, 3.8) is 0 Å². The van der Waals surface area contributed by atoms with Crippen LogP contribution in [-0.4, -0.2) is 60.2 Å². The van der Waals surface area contributed by atoms with E-state index in [0.29, 0.717) is 19.7 Å². The molecule has 2 aromatic rings. The van der Waals surface area contributed by atoms with Crippen LogP contribution in [0.3, 0.4) is 0 Å². The Morgan fingerprint density at radius 3 is 2.67 bits per heavy atom. The van der Waals surface area contributed by atoms with E-state index < -0.39 is 46.2 Å². The van der Waals surface area contributed by atoms with E-state index in [1.807, 2.05) is 0 Å². The Kier molecular flexibility index (Phi) is 5.19. The molecular formula is C19H19ClF3N3O4. The van der Waals surface area contributed by atoms with Crippen LogP contribution < -0.4 is 15.6 Å². The normalized spacial score (nSPS) is 27.6. The predicted molar refractivity (Wildman–Crippen MR) is 105 cm³/mol. The second-order valence-corrected chi connectivity index (χ2v) is 7.70. The number of morpholine rings is 1. The van der Waals surface area contributed by atoms with Crippen LogP contribution in [0.15, 0.2) is 17.1 Å². The third kappa shape index (κ3) is 3.14. The lowest BCUT2D eigenvalue weighted by Gasteiger charge is -2.25. The molecule has 2 N–H and O–H groups in total. The van der Waals surface area contributed by atoms with Gasteiger partial charge in [-0.3, -0.25) is 4.79 Å². The summed E-state index contributed by atoms with van der Waals surface area (Å²) < 4.78 is 51.0. The summed E-state index contributed by atoms with van der Waals surface area (Å²) >= 11 is 0. The number of ether oxygens (including phenoxy) is 1.